The Morgan fingerprint density at radius 3 is 2.93 bits per heavy atom. The number of carbonyl (C=O) groups excluding carboxylic acids is 3. The van der Waals surface area contributed by atoms with E-state index in [0.717, 1.165) is 11.3 Å². The van der Waals surface area contributed by atoms with E-state index in [-0.39, 0.29) is 22.2 Å². The number of aromatic nitrogens is 1. The number of fused-ring (bicyclic) bond motifs is 1. The molecule has 2 aliphatic rings. The molecule has 0 aliphatic carbocycles. The van der Waals surface area contributed by atoms with Crippen LogP contribution >= 0.6 is 34.9 Å². The lowest BCUT2D eigenvalue weighted by molar-refractivity contribution is -0.150. The summed E-state index contributed by atoms with van der Waals surface area (Å²) in [6.07, 6.45) is 2.31. The molecule has 2 aliphatic heterocycles. The van der Waals surface area contributed by atoms with Gasteiger partial charge in [0.1, 0.15) is 29.9 Å². The summed E-state index contributed by atoms with van der Waals surface area (Å²) in [7, 11) is 1.26. The van der Waals surface area contributed by atoms with Crippen molar-refractivity contribution in [2.24, 2.45) is 5.16 Å². The van der Waals surface area contributed by atoms with Gasteiger partial charge in [-0.1, -0.05) is 5.16 Å². The van der Waals surface area contributed by atoms with Crippen molar-refractivity contribution in [2.75, 3.05) is 30.2 Å². The van der Waals surface area contributed by atoms with Gasteiger partial charge >= 0.3 is 5.97 Å². The molecule has 0 radical (unpaired) electrons. The molecular weight excluding hydrogens is 454 g/mol. The number of hydrogen-bond donors (Lipinski definition) is 3. The number of nitrogens with one attached hydrogen (secondary N) is 2. The van der Waals surface area contributed by atoms with Crippen LogP contribution < -0.4 is 10.6 Å². The van der Waals surface area contributed by atoms with E-state index in [1.165, 1.54) is 40.9 Å². The van der Waals surface area contributed by atoms with Crippen LogP contribution in [-0.4, -0.2) is 81.2 Å². The molecule has 0 bridgehead atoms. The van der Waals surface area contributed by atoms with Crippen molar-refractivity contribution in [1.29, 1.82) is 0 Å². The third-order valence-electron chi connectivity index (χ3n) is 4.18. The molecule has 1 saturated heterocycles. The predicted molar refractivity (Wildman–Crippen MR) is 113 cm³/mol. The Bertz CT molecular complexity index is 946. The third kappa shape index (κ3) is 4.15. The van der Waals surface area contributed by atoms with Crippen LogP contribution in [0.4, 0.5) is 5.13 Å². The number of thiazole rings is 1. The zero-order chi connectivity index (χ0) is 21.8. The second-order valence-electron chi connectivity index (χ2n) is 5.97. The number of β-lactam (4-membered cyclic amide) rings is 1. The number of anilines is 1. The van der Waals surface area contributed by atoms with E-state index in [0.29, 0.717) is 23.5 Å². The van der Waals surface area contributed by atoms with Gasteiger partial charge in [-0.3, -0.25) is 19.3 Å². The van der Waals surface area contributed by atoms with E-state index in [4.69, 9.17) is 4.84 Å². The van der Waals surface area contributed by atoms with Gasteiger partial charge in [-0.25, -0.2) is 9.78 Å². The fraction of sp³-hybridized carbons (Fsp3) is 0.375. The maximum Gasteiger partial charge on any atom is 0.352 e. The van der Waals surface area contributed by atoms with Gasteiger partial charge in [0.25, 0.3) is 11.8 Å². The van der Waals surface area contributed by atoms with Crippen molar-refractivity contribution in [3.05, 3.63) is 22.3 Å². The highest BCUT2D eigenvalue weighted by atomic mass is 32.2. The van der Waals surface area contributed by atoms with Crippen molar-refractivity contribution < 1.29 is 29.1 Å². The minimum absolute atomic E-state index is 0.0153. The van der Waals surface area contributed by atoms with Crippen LogP contribution in [0.2, 0.25) is 0 Å². The third-order valence-corrected chi connectivity index (χ3v) is 6.93. The van der Waals surface area contributed by atoms with Gasteiger partial charge in [0.05, 0.1) is 0 Å². The maximum atomic E-state index is 12.7. The topological polar surface area (TPSA) is 150 Å². The van der Waals surface area contributed by atoms with Crippen molar-refractivity contribution in [2.45, 2.75) is 11.4 Å². The Morgan fingerprint density at radius 2 is 2.30 bits per heavy atom. The van der Waals surface area contributed by atoms with E-state index in [1.807, 2.05) is 6.26 Å². The van der Waals surface area contributed by atoms with E-state index >= 15 is 0 Å². The van der Waals surface area contributed by atoms with Gasteiger partial charge in [0, 0.05) is 16.9 Å². The summed E-state index contributed by atoms with van der Waals surface area (Å²) < 4.78 is 0. The number of nitrogens with zero attached hydrogens (tertiary/aromatic N) is 3. The summed E-state index contributed by atoms with van der Waals surface area (Å²) in [5.74, 6) is -1.41. The molecule has 1 fully saturated rings. The lowest BCUT2D eigenvalue weighted by Crippen LogP contribution is -2.71. The molecule has 1 aromatic rings. The Morgan fingerprint density at radius 1 is 1.53 bits per heavy atom. The number of oxime groups is 1. The molecule has 1 aromatic heterocycles. The second kappa shape index (κ2) is 9.49. The number of amides is 3. The first-order valence-corrected chi connectivity index (χ1v) is 11.7. The molecule has 2 atom stereocenters. The summed E-state index contributed by atoms with van der Waals surface area (Å²) in [5.41, 5.74) is 0.654. The number of hydrogen-bond acceptors (Lipinski definition) is 10. The standard InChI is InChI=1S/C16H17N5O6S3/c1-27-20-9(8-5-30-16(18-8)17-6-22)12(23)19-10-13(24)21-11(15(25)26)7(3-28-2)4-29-14(10)21/h5-6,10,14H,3-4H2,1-2H3,(H,19,23)(H,25,26)(H,17,18,22)/t10?,14-/m0/s1. The molecule has 3 heterocycles. The number of rotatable bonds is 9. The van der Waals surface area contributed by atoms with E-state index in [9.17, 15) is 24.3 Å². The van der Waals surface area contributed by atoms with Crippen molar-refractivity contribution in [3.63, 3.8) is 0 Å². The molecule has 3 amide bonds. The first-order chi connectivity index (χ1) is 14.4. The number of carboxylic acids is 1. The van der Waals surface area contributed by atoms with Gasteiger partial charge in [0.15, 0.2) is 10.8 Å². The highest BCUT2D eigenvalue weighted by Crippen LogP contribution is 2.40. The molecular formula is C16H17N5O6S3. The monoisotopic (exact) mass is 471 g/mol. The minimum Gasteiger partial charge on any atom is -0.477 e. The highest BCUT2D eigenvalue weighted by molar-refractivity contribution is 8.00. The van der Waals surface area contributed by atoms with Crippen LogP contribution in [0.1, 0.15) is 5.69 Å². The van der Waals surface area contributed by atoms with Crippen molar-refractivity contribution in [1.82, 2.24) is 15.2 Å². The van der Waals surface area contributed by atoms with E-state index < -0.39 is 29.2 Å². The van der Waals surface area contributed by atoms with Gasteiger partial charge in [0.2, 0.25) is 6.41 Å². The second-order valence-corrected chi connectivity index (χ2v) is 8.80. The zero-order valence-corrected chi connectivity index (χ0v) is 18.2. The molecule has 3 rings (SSSR count). The molecule has 1 unspecified atom stereocenters. The molecule has 14 heteroatoms. The van der Waals surface area contributed by atoms with Crippen LogP contribution in [0.3, 0.4) is 0 Å². The Labute approximate surface area is 183 Å². The molecule has 11 nitrogen and oxygen atoms in total. The summed E-state index contributed by atoms with van der Waals surface area (Å²) in [4.78, 5) is 57.7. The number of carboxylic acid groups (broad SMARTS) is 1. The zero-order valence-electron chi connectivity index (χ0n) is 15.8. The average molecular weight is 472 g/mol. The fourth-order valence-corrected chi connectivity index (χ4v) is 5.69. The Balaban J connectivity index is 1.77. The molecule has 0 saturated carbocycles. The Kier molecular flexibility index (Phi) is 6.99. The van der Waals surface area contributed by atoms with E-state index in [1.54, 1.807) is 0 Å². The van der Waals surface area contributed by atoms with Gasteiger partial charge < -0.3 is 20.6 Å². The fourth-order valence-electron chi connectivity index (χ4n) is 2.97. The molecule has 3 N–H and O–H groups in total. The average Bonchev–Trinajstić information content (AvgIpc) is 3.18. The van der Waals surface area contributed by atoms with Gasteiger partial charge in [-0.05, 0) is 11.8 Å². The SMILES string of the molecule is CON=C(C(=O)NC1C(=O)N2C(C(=O)O)=C(CSC)CS[C@@H]12)c1csc(NC=O)n1. The van der Waals surface area contributed by atoms with Crippen LogP contribution in [-0.2, 0) is 24.0 Å². The van der Waals surface area contributed by atoms with Crippen LogP contribution in [0, 0.1) is 0 Å². The van der Waals surface area contributed by atoms with Crippen molar-refractivity contribution in [3.8, 4) is 0 Å². The van der Waals surface area contributed by atoms with Crippen LogP contribution in [0.5, 0.6) is 0 Å². The summed E-state index contributed by atoms with van der Waals surface area (Å²) >= 11 is 3.96. The molecule has 30 heavy (non-hydrogen) atoms. The lowest BCUT2D eigenvalue weighted by Gasteiger charge is -2.49. The first-order valence-electron chi connectivity index (χ1n) is 8.40. The van der Waals surface area contributed by atoms with Gasteiger partial charge in [-0.15, -0.1) is 23.1 Å². The summed E-state index contributed by atoms with van der Waals surface area (Å²) in [6.45, 7) is 0. The first kappa shape index (κ1) is 22.1. The smallest absolute Gasteiger partial charge is 0.352 e. The normalized spacial score (nSPS) is 20.9. The van der Waals surface area contributed by atoms with Crippen LogP contribution in [0.25, 0.3) is 0 Å². The number of thioether (sulfide) groups is 2. The predicted octanol–water partition coefficient (Wildman–Crippen LogP) is 0.164. The quantitative estimate of drug-likeness (QED) is 0.198. The number of carbonyl (C=O) groups is 4. The lowest BCUT2D eigenvalue weighted by atomic mass is 10.0. The van der Waals surface area contributed by atoms with E-state index in [2.05, 4.69) is 20.8 Å². The van der Waals surface area contributed by atoms with Crippen molar-refractivity contribution >= 4 is 69.9 Å². The largest absolute Gasteiger partial charge is 0.477 e. The highest BCUT2D eigenvalue weighted by Gasteiger charge is 2.54. The number of aliphatic carboxylic acids is 1. The molecule has 0 spiro atoms. The molecule has 160 valence electrons. The van der Waals surface area contributed by atoms with Gasteiger partial charge in [-0.2, -0.15) is 11.8 Å². The summed E-state index contributed by atoms with van der Waals surface area (Å²) in [6, 6.07) is -0.902. The maximum absolute atomic E-state index is 12.7. The van der Waals surface area contributed by atoms with Crippen LogP contribution in [0.15, 0.2) is 21.8 Å². The Hall–Kier alpha value is -2.58. The summed E-state index contributed by atoms with van der Waals surface area (Å²) in [5, 5.41) is 19.5. The molecule has 0 aromatic carbocycles. The minimum atomic E-state index is -1.17.